The van der Waals surface area contributed by atoms with E-state index < -0.39 is 6.10 Å². The predicted octanol–water partition coefficient (Wildman–Crippen LogP) is 2.92. The summed E-state index contributed by atoms with van der Waals surface area (Å²) in [5.74, 6) is 0.731. The molecule has 90 valence electrons. The van der Waals surface area contributed by atoms with Crippen molar-refractivity contribution in [2.75, 3.05) is 20.3 Å². The Morgan fingerprint density at radius 1 is 1.38 bits per heavy atom. The van der Waals surface area contributed by atoms with Crippen LogP contribution in [0.4, 0.5) is 0 Å². The molecule has 0 aliphatic carbocycles. The number of ether oxygens (including phenoxy) is 2. The van der Waals surface area contributed by atoms with Gasteiger partial charge in [0.1, 0.15) is 5.75 Å². The van der Waals surface area contributed by atoms with E-state index in [2.05, 4.69) is 15.9 Å². The SMILES string of the molecule is COCCCOc1ccc(Br)cc1[C@@H](C)O. The van der Waals surface area contributed by atoms with Crippen molar-refractivity contribution in [1.82, 2.24) is 0 Å². The number of benzene rings is 1. The smallest absolute Gasteiger partial charge is 0.125 e. The summed E-state index contributed by atoms with van der Waals surface area (Å²) in [6.45, 7) is 3.00. The molecule has 1 N–H and O–H groups in total. The second-order valence-corrected chi connectivity index (χ2v) is 4.47. The van der Waals surface area contributed by atoms with Gasteiger partial charge in [-0.15, -0.1) is 0 Å². The van der Waals surface area contributed by atoms with Crippen LogP contribution in [-0.4, -0.2) is 25.4 Å². The quantitative estimate of drug-likeness (QED) is 0.818. The Kier molecular flexibility index (Phi) is 5.80. The van der Waals surface area contributed by atoms with Crippen molar-refractivity contribution in [2.24, 2.45) is 0 Å². The van der Waals surface area contributed by atoms with E-state index in [4.69, 9.17) is 9.47 Å². The van der Waals surface area contributed by atoms with E-state index in [0.717, 1.165) is 22.2 Å². The third-order valence-corrected chi connectivity index (χ3v) is 2.67. The standard InChI is InChI=1S/C12H17BrO3/c1-9(14)11-8-10(13)4-5-12(11)16-7-3-6-15-2/h4-5,8-9,14H,3,6-7H2,1-2H3/t9-/m1/s1. The number of methoxy groups -OCH3 is 1. The van der Waals surface area contributed by atoms with E-state index in [1.54, 1.807) is 14.0 Å². The fourth-order valence-corrected chi connectivity index (χ4v) is 1.74. The highest BCUT2D eigenvalue weighted by Crippen LogP contribution is 2.28. The van der Waals surface area contributed by atoms with Crippen molar-refractivity contribution >= 4 is 15.9 Å². The Morgan fingerprint density at radius 2 is 2.12 bits per heavy atom. The molecular weight excluding hydrogens is 272 g/mol. The van der Waals surface area contributed by atoms with Gasteiger partial charge < -0.3 is 14.6 Å². The maximum atomic E-state index is 9.61. The van der Waals surface area contributed by atoms with Gasteiger partial charge in [-0.2, -0.15) is 0 Å². The summed E-state index contributed by atoms with van der Waals surface area (Å²) in [6, 6.07) is 5.63. The first kappa shape index (κ1) is 13.5. The molecule has 0 unspecified atom stereocenters. The average Bonchev–Trinajstić information content (AvgIpc) is 2.26. The molecule has 4 heteroatoms. The fourth-order valence-electron chi connectivity index (χ4n) is 1.36. The van der Waals surface area contributed by atoms with E-state index in [1.165, 1.54) is 0 Å². The van der Waals surface area contributed by atoms with Gasteiger partial charge in [-0.1, -0.05) is 15.9 Å². The number of rotatable bonds is 6. The minimum Gasteiger partial charge on any atom is -0.493 e. The Morgan fingerprint density at radius 3 is 2.75 bits per heavy atom. The molecule has 0 radical (unpaired) electrons. The molecule has 1 rings (SSSR count). The first-order valence-electron chi connectivity index (χ1n) is 5.24. The van der Waals surface area contributed by atoms with Crippen LogP contribution in [0.3, 0.4) is 0 Å². The van der Waals surface area contributed by atoms with Gasteiger partial charge >= 0.3 is 0 Å². The summed E-state index contributed by atoms with van der Waals surface area (Å²) in [6.07, 6.45) is 0.307. The summed E-state index contributed by atoms with van der Waals surface area (Å²) in [5, 5.41) is 9.61. The monoisotopic (exact) mass is 288 g/mol. The Labute approximate surface area is 105 Å². The number of hydrogen-bond acceptors (Lipinski definition) is 3. The number of aliphatic hydroxyl groups excluding tert-OH is 1. The lowest BCUT2D eigenvalue weighted by atomic mass is 10.1. The van der Waals surface area contributed by atoms with Crippen LogP contribution in [0.15, 0.2) is 22.7 Å². The maximum absolute atomic E-state index is 9.61. The molecule has 1 atom stereocenters. The second-order valence-electron chi connectivity index (χ2n) is 3.55. The molecule has 3 nitrogen and oxygen atoms in total. The molecule has 0 spiro atoms. The molecule has 0 amide bonds. The summed E-state index contributed by atoms with van der Waals surface area (Å²) < 4.78 is 11.5. The van der Waals surface area contributed by atoms with E-state index in [0.29, 0.717) is 13.2 Å². The van der Waals surface area contributed by atoms with Crippen LogP contribution >= 0.6 is 15.9 Å². The van der Waals surface area contributed by atoms with E-state index in [9.17, 15) is 5.11 Å². The van der Waals surface area contributed by atoms with Crippen LogP contribution in [0.1, 0.15) is 25.0 Å². The highest BCUT2D eigenvalue weighted by molar-refractivity contribution is 9.10. The van der Waals surface area contributed by atoms with Crippen molar-refractivity contribution in [3.05, 3.63) is 28.2 Å². The largest absolute Gasteiger partial charge is 0.493 e. The number of aliphatic hydroxyl groups is 1. The van der Waals surface area contributed by atoms with Crippen molar-refractivity contribution in [3.63, 3.8) is 0 Å². The number of hydrogen-bond donors (Lipinski definition) is 1. The lowest BCUT2D eigenvalue weighted by molar-refractivity contribution is 0.166. The van der Waals surface area contributed by atoms with E-state index in [-0.39, 0.29) is 0 Å². The van der Waals surface area contributed by atoms with Gasteiger partial charge in [-0.3, -0.25) is 0 Å². The zero-order valence-electron chi connectivity index (χ0n) is 9.57. The molecule has 0 bridgehead atoms. The molecule has 16 heavy (non-hydrogen) atoms. The third kappa shape index (κ3) is 4.12. The molecule has 0 aliphatic rings. The van der Waals surface area contributed by atoms with Crippen LogP contribution in [0, 0.1) is 0 Å². The zero-order chi connectivity index (χ0) is 12.0. The Bertz CT molecular complexity index is 326. The zero-order valence-corrected chi connectivity index (χ0v) is 11.2. The molecular formula is C12H17BrO3. The lowest BCUT2D eigenvalue weighted by Gasteiger charge is -2.13. The van der Waals surface area contributed by atoms with E-state index >= 15 is 0 Å². The highest BCUT2D eigenvalue weighted by atomic mass is 79.9. The van der Waals surface area contributed by atoms with Crippen LogP contribution in [0.25, 0.3) is 0 Å². The van der Waals surface area contributed by atoms with Crippen LogP contribution in [0.5, 0.6) is 5.75 Å². The van der Waals surface area contributed by atoms with Gasteiger partial charge in [0, 0.05) is 30.2 Å². The summed E-state index contributed by atoms with van der Waals surface area (Å²) in [7, 11) is 1.67. The predicted molar refractivity (Wildman–Crippen MR) is 66.8 cm³/mol. The van der Waals surface area contributed by atoms with Gasteiger partial charge in [0.2, 0.25) is 0 Å². The minimum atomic E-state index is -0.532. The van der Waals surface area contributed by atoms with Crippen molar-refractivity contribution in [1.29, 1.82) is 0 Å². The van der Waals surface area contributed by atoms with Gasteiger partial charge in [-0.05, 0) is 25.1 Å². The first-order chi connectivity index (χ1) is 7.65. The van der Waals surface area contributed by atoms with Gasteiger partial charge in [0.05, 0.1) is 12.7 Å². The molecule has 1 aromatic rings. The third-order valence-electron chi connectivity index (χ3n) is 2.17. The topological polar surface area (TPSA) is 38.7 Å². The van der Waals surface area contributed by atoms with Crippen LogP contribution in [-0.2, 0) is 4.74 Å². The van der Waals surface area contributed by atoms with Crippen LogP contribution < -0.4 is 4.74 Å². The lowest BCUT2D eigenvalue weighted by Crippen LogP contribution is -2.04. The van der Waals surface area contributed by atoms with Crippen molar-refractivity contribution < 1.29 is 14.6 Å². The maximum Gasteiger partial charge on any atom is 0.125 e. The van der Waals surface area contributed by atoms with Gasteiger partial charge in [0.15, 0.2) is 0 Å². The van der Waals surface area contributed by atoms with Crippen molar-refractivity contribution in [3.8, 4) is 5.75 Å². The van der Waals surface area contributed by atoms with E-state index in [1.807, 2.05) is 18.2 Å². The second kappa shape index (κ2) is 6.89. The molecule has 0 saturated carbocycles. The van der Waals surface area contributed by atoms with Gasteiger partial charge in [0.25, 0.3) is 0 Å². The summed E-state index contributed by atoms with van der Waals surface area (Å²) in [4.78, 5) is 0. The summed E-state index contributed by atoms with van der Waals surface area (Å²) in [5.41, 5.74) is 0.798. The fraction of sp³-hybridized carbons (Fsp3) is 0.500. The molecule has 0 fully saturated rings. The van der Waals surface area contributed by atoms with Gasteiger partial charge in [-0.25, -0.2) is 0 Å². The van der Waals surface area contributed by atoms with Crippen LogP contribution in [0.2, 0.25) is 0 Å². The molecule has 0 heterocycles. The molecule has 1 aromatic carbocycles. The molecule has 0 aliphatic heterocycles. The summed E-state index contributed by atoms with van der Waals surface area (Å²) >= 11 is 3.37. The average molecular weight is 289 g/mol. The number of halogens is 1. The van der Waals surface area contributed by atoms with Crippen molar-refractivity contribution in [2.45, 2.75) is 19.4 Å². The molecule has 0 aromatic heterocycles. The minimum absolute atomic E-state index is 0.532. The Balaban J connectivity index is 2.64. The first-order valence-corrected chi connectivity index (χ1v) is 6.03. The normalized spacial score (nSPS) is 12.5. The Hall–Kier alpha value is -0.580. The molecule has 0 saturated heterocycles. The highest BCUT2D eigenvalue weighted by Gasteiger charge is 2.09.